The Morgan fingerprint density at radius 1 is 0.818 bits per heavy atom. The summed E-state index contributed by atoms with van der Waals surface area (Å²) >= 11 is 0. The van der Waals surface area contributed by atoms with Gasteiger partial charge in [0, 0.05) is 0 Å². The molecule has 0 bridgehead atoms. The Balaban J connectivity index is -0.0000000301. The number of hydrogen-bond donors (Lipinski definition) is 0. The van der Waals surface area contributed by atoms with Crippen molar-refractivity contribution in [2.24, 2.45) is 0 Å². The fourth-order valence-corrected chi connectivity index (χ4v) is 0. The molecular formula is C10H18O. The van der Waals surface area contributed by atoms with Gasteiger partial charge in [-0.3, -0.25) is 0 Å². The summed E-state index contributed by atoms with van der Waals surface area (Å²) in [6.07, 6.45) is 5.25. The van der Waals surface area contributed by atoms with Gasteiger partial charge in [-0.25, -0.2) is 0 Å². The Morgan fingerprint density at radius 3 is 0.818 bits per heavy atom. The summed E-state index contributed by atoms with van der Waals surface area (Å²) in [4.78, 5) is 0. The van der Waals surface area contributed by atoms with Crippen molar-refractivity contribution in [3.8, 4) is 0 Å². The van der Waals surface area contributed by atoms with Crippen LogP contribution in [0.25, 0.3) is 0 Å². The van der Waals surface area contributed by atoms with Gasteiger partial charge in [-0.2, -0.15) is 0 Å². The minimum absolute atomic E-state index is 1.75. The number of rotatable bonds is 0. The summed E-state index contributed by atoms with van der Waals surface area (Å²) in [5.41, 5.74) is 0. The van der Waals surface area contributed by atoms with Gasteiger partial charge in [-0.15, -0.1) is 19.7 Å². The Labute approximate surface area is 70.9 Å². The molecule has 0 aliphatic rings. The number of allylic oxidation sites excluding steroid dienone is 3. The molecule has 0 N–H and O–H groups in total. The zero-order valence-electron chi connectivity index (χ0n) is 7.76. The van der Waals surface area contributed by atoms with Gasteiger partial charge in [0.15, 0.2) is 0 Å². The summed E-state index contributed by atoms with van der Waals surface area (Å²) in [5.74, 6) is 0. The molecule has 0 aliphatic heterocycles. The van der Waals surface area contributed by atoms with Crippen LogP contribution in [0.2, 0.25) is 0 Å². The van der Waals surface area contributed by atoms with Gasteiger partial charge >= 0.3 is 11.3 Å². The molecule has 0 amide bonds. The van der Waals surface area contributed by atoms with E-state index in [2.05, 4.69) is 26.4 Å². The van der Waals surface area contributed by atoms with E-state index in [0.717, 1.165) is 0 Å². The van der Waals surface area contributed by atoms with Crippen molar-refractivity contribution in [1.82, 2.24) is 0 Å². The molecule has 64 valence electrons. The molecule has 0 saturated heterocycles. The van der Waals surface area contributed by atoms with E-state index in [-0.39, 0.29) is 0 Å². The molecule has 1 heteroatoms. The van der Waals surface area contributed by atoms with E-state index in [4.69, 9.17) is 4.65 Å². The molecule has 0 aromatic rings. The first-order valence-corrected chi connectivity index (χ1v) is 3.16. The van der Waals surface area contributed by atoms with Gasteiger partial charge in [-0.1, -0.05) is 18.2 Å². The molecule has 0 aromatic carbocycles. The SMILES string of the molecule is C=CC.C=CC.C=CC.[C-]#[O+]. The van der Waals surface area contributed by atoms with Gasteiger partial charge in [0.05, 0.1) is 0 Å². The summed E-state index contributed by atoms with van der Waals surface area (Å²) in [6, 6.07) is 0. The van der Waals surface area contributed by atoms with E-state index in [0.29, 0.717) is 0 Å². The second-order valence-electron chi connectivity index (χ2n) is 1.22. The van der Waals surface area contributed by atoms with E-state index in [9.17, 15) is 0 Å². The Bertz CT molecular complexity index is 65.9. The molecule has 0 fully saturated rings. The fraction of sp³-hybridized carbons (Fsp3) is 0.300. The van der Waals surface area contributed by atoms with Crippen LogP contribution in [-0.4, -0.2) is 0 Å². The van der Waals surface area contributed by atoms with Crippen LogP contribution in [0.5, 0.6) is 0 Å². The van der Waals surface area contributed by atoms with Gasteiger partial charge in [-0.05, 0) is 20.8 Å². The molecule has 0 unspecified atom stereocenters. The van der Waals surface area contributed by atoms with Gasteiger partial charge in [0.25, 0.3) is 0 Å². The first-order chi connectivity index (χ1) is 5.24. The van der Waals surface area contributed by atoms with Crippen molar-refractivity contribution in [2.45, 2.75) is 20.8 Å². The summed E-state index contributed by atoms with van der Waals surface area (Å²) in [5, 5.41) is 0. The first-order valence-electron chi connectivity index (χ1n) is 3.16. The van der Waals surface area contributed by atoms with Crippen LogP contribution in [0.1, 0.15) is 20.8 Å². The molecule has 0 aliphatic carbocycles. The van der Waals surface area contributed by atoms with Crippen molar-refractivity contribution >= 4 is 0 Å². The van der Waals surface area contributed by atoms with Crippen LogP contribution in [-0.2, 0) is 4.65 Å². The molecule has 0 radical (unpaired) electrons. The van der Waals surface area contributed by atoms with Crippen LogP contribution in [0.4, 0.5) is 0 Å². The van der Waals surface area contributed by atoms with E-state index >= 15 is 0 Å². The average Bonchev–Trinajstić information content (AvgIpc) is 1.96. The third kappa shape index (κ3) is 401. The van der Waals surface area contributed by atoms with Crippen LogP contribution < -0.4 is 0 Å². The van der Waals surface area contributed by atoms with E-state index < -0.39 is 0 Å². The predicted molar refractivity (Wildman–Crippen MR) is 51.5 cm³/mol. The first kappa shape index (κ1) is 22.5. The van der Waals surface area contributed by atoms with Crippen molar-refractivity contribution < 1.29 is 4.65 Å². The molecule has 0 saturated carbocycles. The maximum atomic E-state index is 7.50. The molecule has 0 heterocycles. The molecule has 0 rings (SSSR count). The second kappa shape index (κ2) is 148. The Kier molecular flexibility index (Phi) is 302. The van der Waals surface area contributed by atoms with Crippen LogP contribution >= 0.6 is 0 Å². The molecule has 0 atom stereocenters. The van der Waals surface area contributed by atoms with Crippen molar-refractivity contribution in [3.63, 3.8) is 0 Å². The van der Waals surface area contributed by atoms with Crippen molar-refractivity contribution in [1.29, 1.82) is 0 Å². The molecule has 0 spiro atoms. The molecule has 0 aromatic heterocycles. The topological polar surface area (TPSA) is 19.9 Å². The van der Waals surface area contributed by atoms with Gasteiger partial charge < -0.3 is 0 Å². The predicted octanol–water partition coefficient (Wildman–Crippen LogP) is 3.54. The summed E-state index contributed by atoms with van der Waals surface area (Å²) < 4.78 is 7.50. The standard InChI is InChI=1S/3C3H6.CO/c3*1-3-2;1-2/h3*3H,1H2,2H3;. The maximum absolute atomic E-state index is 7.50. The van der Waals surface area contributed by atoms with Crippen LogP contribution in [0.3, 0.4) is 0 Å². The van der Waals surface area contributed by atoms with E-state index in [1.165, 1.54) is 0 Å². The van der Waals surface area contributed by atoms with Gasteiger partial charge in [0.1, 0.15) is 0 Å². The monoisotopic (exact) mass is 154 g/mol. The number of hydrogen-bond acceptors (Lipinski definition) is 0. The van der Waals surface area contributed by atoms with E-state index in [1.807, 2.05) is 20.8 Å². The molecule has 1 nitrogen and oxygen atoms in total. The van der Waals surface area contributed by atoms with Crippen molar-refractivity contribution in [3.05, 3.63) is 44.6 Å². The Hall–Kier alpha value is -1.04. The average molecular weight is 154 g/mol. The quantitative estimate of drug-likeness (QED) is 0.289. The van der Waals surface area contributed by atoms with E-state index in [1.54, 1.807) is 18.2 Å². The second-order valence-corrected chi connectivity index (χ2v) is 1.22. The zero-order valence-corrected chi connectivity index (χ0v) is 7.76. The zero-order chi connectivity index (χ0) is 10.1. The van der Waals surface area contributed by atoms with Gasteiger partial charge in [0.2, 0.25) is 0 Å². The normalized spacial score (nSPS) is 3.73. The third-order valence-electron chi connectivity index (χ3n) is 0. The summed E-state index contributed by atoms with van der Waals surface area (Å²) in [6.45, 7) is 20.2. The third-order valence-corrected chi connectivity index (χ3v) is 0. The minimum atomic E-state index is 1.75. The van der Waals surface area contributed by atoms with Crippen LogP contribution in [0, 0.1) is 6.65 Å². The van der Waals surface area contributed by atoms with Crippen molar-refractivity contribution in [2.75, 3.05) is 0 Å². The fourth-order valence-electron chi connectivity index (χ4n) is 0. The molecule has 11 heavy (non-hydrogen) atoms. The Morgan fingerprint density at radius 2 is 0.818 bits per heavy atom. The van der Waals surface area contributed by atoms with Crippen LogP contribution in [0.15, 0.2) is 38.0 Å². The molecular weight excluding hydrogens is 136 g/mol. The summed E-state index contributed by atoms with van der Waals surface area (Å²) in [7, 11) is 0.